The third-order valence-corrected chi connectivity index (χ3v) is 12.2. The number of hydrogen-bond acceptors (Lipinski definition) is 4. The van der Waals surface area contributed by atoms with Crippen molar-refractivity contribution >= 4 is 151 Å². The van der Waals surface area contributed by atoms with Gasteiger partial charge < -0.3 is 13.6 Å². The van der Waals surface area contributed by atoms with Crippen LogP contribution in [0.3, 0.4) is 0 Å². The van der Waals surface area contributed by atoms with Crippen LogP contribution in [0, 0.1) is 0 Å². The summed E-state index contributed by atoms with van der Waals surface area (Å²) >= 11 is 30.8. The molecule has 0 unspecified atom stereocenters. The molecule has 0 aliphatic carbocycles. The zero-order chi connectivity index (χ0) is 23.8. The summed E-state index contributed by atoms with van der Waals surface area (Å²) < 4.78 is 37.6. The molecule has 0 bridgehead atoms. The summed E-state index contributed by atoms with van der Waals surface area (Å²) in [5, 5.41) is 0. The Bertz CT molecular complexity index is 1100. The molecule has 0 saturated carbocycles. The van der Waals surface area contributed by atoms with Gasteiger partial charge in [-0.15, -0.1) is 0 Å². The van der Waals surface area contributed by atoms with Crippen molar-refractivity contribution in [2.45, 2.75) is 0 Å². The number of phosphoric acid groups is 1. The van der Waals surface area contributed by atoms with Crippen molar-refractivity contribution in [1.82, 2.24) is 0 Å². The molecule has 4 nitrogen and oxygen atoms in total. The minimum Gasteiger partial charge on any atom is -0.385 e. The molecule has 0 spiro atoms. The molecule has 0 atom stereocenters. The Morgan fingerprint density at radius 2 is 0.625 bits per heavy atom. The van der Waals surface area contributed by atoms with E-state index in [-0.39, 0.29) is 17.2 Å². The maximum Gasteiger partial charge on any atom is 0.647 e. The van der Waals surface area contributed by atoms with E-state index in [1.165, 1.54) is 0 Å². The monoisotopic (exact) mass is 1030 g/mol. The van der Waals surface area contributed by atoms with E-state index in [2.05, 4.69) is 143 Å². The first-order chi connectivity index (χ1) is 14.9. The fourth-order valence-electron chi connectivity index (χ4n) is 2.14. The zero-order valence-electron chi connectivity index (χ0n) is 14.9. The summed E-state index contributed by atoms with van der Waals surface area (Å²) in [7, 11) is -4.27. The normalized spacial score (nSPS) is 11.4. The molecule has 0 amide bonds. The molecule has 0 aliphatic heterocycles. The number of benzene rings is 3. The van der Waals surface area contributed by atoms with E-state index in [9.17, 15) is 4.57 Å². The Kier molecular flexibility index (Phi) is 10.4. The summed E-state index contributed by atoms with van der Waals surface area (Å²) in [6.45, 7) is 0. The number of rotatable bonds is 6. The third-order valence-electron chi connectivity index (χ3n) is 3.55. The van der Waals surface area contributed by atoms with Crippen LogP contribution < -0.4 is 13.6 Å². The molecular formula is C18H6Br9O4P. The summed E-state index contributed by atoms with van der Waals surface area (Å²) in [6.07, 6.45) is 0. The molecule has 32 heavy (non-hydrogen) atoms. The predicted octanol–water partition coefficient (Wildman–Crippen LogP) is 12.2. The largest absolute Gasteiger partial charge is 0.647 e. The van der Waals surface area contributed by atoms with Crippen molar-refractivity contribution in [2.24, 2.45) is 0 Å². The maximum atomic E-state index is 14.0. The molecule has 0 aromatic heterocycles. The van der Waals surface area contributed by atoms with Gasteiger partial charge in [0.25, 0.3) is 0 Å². The highest BCUT2D eigenvalue weighted by molar-refractivity contribution is 9.14. The Hall–Kier alpha value is 1.61. The van der Waals surface area contributed by atoms with Crippen molar-refractivity contribution < 1.29 is 18.1 Å². The number of hydrogen-bond donors (Lipinski definition) is 0. The molecule has 0 fully saturated rings. The lowest BCUT2D eigenvalue weighted by Crippen LogP contribution is -2.09. The molecule has 3 aromatic carbocycles. The molecule has 3 rings (SSSR count). The molecule has 0 radical (unpaired) electrons. The van der Waals surface area contributed by atoms with Crippen molar-refractivity contribution in [3.8, 4) is 17.2 Å². The van der Waals surface area contributed by atoms with Gasteiger partial charge >= 0.3 is 7.82 Å². The van der Waals surface area contributed by atoms with E-state index in [1.807, 2.05) is 0 Å². The Balaban J connectivity index is 2.08. The molecule has 0 aliphatic rings. The van der Waals surface area contributed by atoms with Crippen molar-refractivity contribution in [2.75, 3.05) is 0 Å². The van der Waals surface area contributed by atoms with Crippen molar-refractivity contribution in [3.63, 3.8) is 0 Å². The quantitative estimate of drug-likeness (QED) is 0.182. The second-order valence-electron chi connectivity index (χ2n) is 5.81. The van der Waals surface area contributed by atoms with Gasteiger partial charge in [0.1, 0.15) is 17.2 Å². The van der Waals surface area contributed by atoms with E-state index in [0.717, 1.165) is 13.4 Å². The van der Waals surface area contributed by atoms with Crippen LogP contribution in [0.5, 0.6) is 17.2 Å². The lowest BCUT2D eigenvalue weighted by atomic mass is 10.3. The minimum atomic E-state index is -4.27. The lowest BCUT2D eigenvalue weighted by molar-refractivity contribution is 0.296. The predicted molar refractivity (Wildman–Crippen MR) is 158 cm³/mol. The van der Waals surface area contributed by atoms with Gasteiger partial charge in [-0.25, -0.2) is 0 Å². The van der Waals surface area contributed by atoms with Crippen molar-refractivity contribution in [3.05, 3.63) is 76.7 Å². The Morgan fingerprint density at radius 1 is 0.406 bits per heavy atom. The van der Waals surface area contributed by atoms with E-state index >= 15 is 0 Å². The van der Waals surface area contributed by atoms with Gasteiger partial charge in [-0.05, 0) is 180 Å². The SMILES string of the molecule is O=P(Oc1cc(Br)c(Br)cc1Br)(Oc1cc(Br)c(Br)cc1Br)Oc1cc(Br)c(Br)cc1Br. The van der Waals surface area contributed by atoms with E-state index in [1.54, 1.807) is 36.4 Å². The highest BCUT2D eigenvalue weighted by Gasteiger charge is 2.36. The topological polar surface area (TPSA) is 44.8 Å². The van der Waals surface area contributed by atoms with Crippen LogP contribution in [0.1, 0.15) is 0 Å². The average molecular weight is 1040 g/mol. The molecule has 0 N–H and O–H groups in total. The van der Waals surface area contributed by atoms with Crippen LogP contribution in [0.15, 0.2) is 76.7 Å². The lowest BCUT2D eigenvalue weighted by Gasteiger charge is -2.22. The smallest absolute Gasteiger partial charge is 0.385 e. The summed E-state index contributed by atoms with van der Waals surface area (Å²) in [6, 6.07) is 10.2. The fraction of sp³-hybridized carbons (Fsp3) is 0. The first-order valence-corrected chi connectivity index (χ1v) is 16.6. The average Bonchev–Trinajstić information content (AvgIpc) is 2.68. The highest BCUT2D eigenvalue weighted by atomic mass is 79.9. The van der Waals surface area contributed by atoms with Crippen LogP contribution in [0.4, 0.5) is 0 Å². The zero-order valence-corrected chi connectivity index (χ0v) is 30.1. The maximum absolute atomic E-state index is 14.0. The van der Waals surface area contributed by atoms with Gasteiger partial charge in [0.15, 0.2) is 0 Å². The van der Waals surface area contributed by atoms with Crippen LogP contribution in [-0.4, -0.2) is 0 Å². The van der Waals surface area contributed by atoms with Gasteiger partial charge in [0, 0.05) is 26.8 Å². The van der Waals surface area contributed by atoms with Gasteiger partial charge in [0.2, 0.25) is 0 Å². The molecule has 0 heterocycles. The molecular weight excluding hydrogens is 1030 g/mol. The summed E-state index contributed by atoms with van der Waals surface area (Å²) in [5.74, 6) is 0.758. The van der Waals surface area contributed by atoms with Gasteiger partial charge in [-0.2, -0.15) is 4.57 Å². The Labute approximate surface area is 259 Å². The van der Waals surface area contributed by atoms with Gasteiger partial charge in [0.05, 0.1) is 13.4 Å². The van der Waals surface area contributed by atoms with Crippen LogP contribution >= 0.6 is 151 Å². The molecule has 170 valence electrons. The number of phosphoric ester groups is 1. The summed E-state index contributed by atoms with van der Waals surface area (Å²) in [5.41, 5.74) is 0. The van der Waals surface area contributed by atoms with Crippen molar-refractivity contribution in [1.29, 1.82) is 0 Å². The molecule has 3 aromatic rings. The second kappa shape index (κ2) is 11.8. The first kappa shape index (κ1) is 28.2. The Morgan fingerprint density at radius 3 is 0.875 bits per heavy atom. The molecule has 0 saturated heterocycles. The summed E-state index contributed by atoms with van der Waals surface area (Å²) in [4.78, 5) is 0. The van der Waals surface area contributed by atoms with E-state index in [0.29, 0.717) is 26.8 Å². The minimum absolute atomic E-state index is 0.253. The van der Waals surface area contributed by atoms with Gasteiger partial charge in [-0.3, -0.25) is 0 Å². The van der Waals surface area contributed by atoms with Gasteiger partial charge in [-0.1, -0.05) is 0 Å². The molecule has 14 heteroatoms. The van der Waals surface area contributed by atoms with Crippen LogP contribution in [0.25, 0.3) is 0 Å². The second-order valence-corrected chi connectivity index (χ2v) is 14.9. The van der Waals surface area contributed by atoms with E-state index < -0.39 is 7.82 Å². The first-order valence-electron chi connectivity index (χ1n) is 8.01. The van der Waals surface area contributed by atoms with Crippen LogP contribution in [0.2, 0.25) is 0 Å². The van der Waals surface area contributed by atoms with E-state index in [4.69, 9.17) is 13.6 Å². The highest BCUT2D eigenvalue weighted by Crippen LogP contribution is 2.55. The van der Waals surface area contributed by atoms with Crippen LogP contribution in [-0.2, 0) is 4.57 Å². The number of halogens is 9. The third kappa shape index (κ3) is 7.09. The standard InChI is InChI=1S/C18H6Br9O4P/c19-7-1-13(25)16(4-10(7)22)29-32(28,30-17-5-11(23)8(20)2-14(17)26)31-18-6-12(24)9(21)3-15(18)27/h1-6H. The fourth-order valence-corrected chi connectivity index (χ4v) is 7.99.